The van der Waals surface area contributed by atoms with Crippen LogP contribution in [0.4, 0.5) is 45.5 Å². The van der Waals surface area contributed by atoms with Gasteiger partial charge < -0.3 is 37.4 Å². The lowest BCUT2D eigenvalue weighted by Crippen LogP contribution is -2.39. The van der Waals surface area contributed by atoms with Crippen molar-refractivity contribution in [3.8, 4) is 17.2 Å². The van der Waals surface area contributed by atoms with Gasteiger partial charge in [-0.05, 0) is 166 Å². The van der Waals surface area contributed by atoms with Crippen LogP contribution in [0, 0.1) is 0 Å². The Labute approximate surface area is 549 Å². The fourth-order valence-corrected chi connectivity index (χ4v) is 16.6. The van der Waals surface area contributed by atoms with E-state index in [0.717, 1.165) is 173 Å². The topological polar surface area (TPSA) is 67.6 Å². The molecule has 0 fully saturated rings. The third-order valence-electron chi connectivity index (χ3n) is 20.9. The molecule has 2 aliphatic carbocycles. The highest BCUT2D eigenvalue weighted by molar-refractivity contribution is 6.20. The summed E-state index contributed by atoms with van der Waals surface area (Å²) < 4.78 is 36.0. The Morgan fingerprint density at radius 3 is 1.59 bits per heavy atom. The average molecular weight is 1230 g/mol. The standard InChI is InChI=1S/C87H63N3O5/c1-85(2,3)50-34-38-52(39-35-50)88(54-42-44-74-60(46-54)56-20-7-14-28-70(56)91-74)68-48-64-80(83-78(68)58-22-9-16-30-72(58)94-83)81-65(87(64)62-24-11-12-26-66(62)90-67-27-13-18-32-76(67)93-77-33-19-25-63(87)82(77)90)49-69(79-59-23-10-17-31-73(59)95-84(79)81)89(53-40-36-51(37-41-53)86(4,5)6)55-43-45-75-61(47-55)57-21-8-15-29-71(57)92-75/h7-49,78,83H,1-6H3. The van der Waals surface area contributed by atoms with Gasteiger partial charge in [-0.1, -0.05) is 181 Å². The predicted octanol–water partition coefficient (Wildman–Crippen LogP) is 23.7. The van der Waals surface area contributed by atoms with Crippen LogP contribution in [-0.4, -0.2) is 6.10 Å². The van der Waals surface area contributed by atoms with Gasteiger partial charge >= 0.3 is 0 Å². The first-order valence-electron chi connectivity index (χ1n) is 33.0. The van der Waals surface area contributed by atoms with Crippen LogP contribution < -0.4 is 24.2 Å². The monoisotopic (exact) mass is 1230 g/mol. The Kier molecular flexibility index (Phi) is 11.0. The van der Waals surface area contributed by atoms with Crippen molar-refractivity contribution >= 4 is 117 Å². The number of furan rings is 3. The largest absolute Gasteiger partial charge is 0.484 e. The fraction of sp³-hybridized carbons (Fsp3) is 0.126. The minimum absolute atomic E-state index is 0.0822. The third kappa shape index (κ3) is 7.53. The summed E-state index contributed by atoms with van der Waals surface area (Å²) in [6.07, 6.45) is 2.02. The quantitative estimate of drug-likeness (QED) is 0.163. The van der Waals surface area contributed by atoms with Crippen LogP contribution in [-0.2, 0) is 16.2 Å². The molecule has 3 atom stereocenters. The van der Waals surface area contributed by atoms with Gasteiger partial charge in [0.15, 0.2) is 11.5 Å². The molecule has 6 heterocycles. The van der Waals surface area contributed by atoms with Crippen molar-refractivity contribution in [1.82, 2.24) is 0 Å². The lowest BCUT2D eigenvalue weighted by Gasteiger charge is -2.48. The molecule has 0 radical (unpaired) electrons. The molecule has 456 valence electrons. The zero-order chi connectivity index (χ0) is 63.4. The number of nitrogens with zero attached hydrogens (tertiary/aromatic N) is 3. The van der Waals surface area contributed by atoms with Crippen molar-refractivity contribution in [3.05, 3.63) is 311 Å². The van der Waals surface area contributed by atoms with E-state index in [0.29, 0.717) is 0 Å². The zero-order valence-electron chi connectivity index (χ0n) is 53.4. The molecule has 3 unspecified atom stereocenters. The lowest BCUT2D eigenvalue weighted by atomic mass is 9.62. The first-order valence-corrected chi connectivity index (χ1v) is 33.0. The summed E-state index contributed by atoms with van der Waals surface area (Å²) in [5, 5.41) is 6.22. The van der Waals surface area contributed by atoms with E-state index < -0.39 is 11.5 Å². The summed E-state index contributed by atoms with van der Waals surface area (Å²) in [5.74, 6) is 2.12. The Bertz CT molecular complexity index is 5870. The molecule has 0 saturated heterocycles. The molecular formula is C87H63N3O5. The van der Waals surface area contributed by atoms with Crippen molar-refractivity contribution in [3.63, 3.8) is 0 Å². The normalized spacial score (nSPS) is 17.4. The number of rotatable bonds is 6. The molecule has 0 N–H and O–H groups in total. The Morgan fingerprint density at radius 2 is 0.926 bits per heavy atom. The van der Waals surface area contributed by atoms with E-state index in [9.17, 15) is 0 Å². The van der Waals surface area contributed by atoms with E-state index in [4.69, 9.17) is 22.7 Å². The van der Waals surface area contributed by atoms with E-state index in [1.807, 2.05) is 12.1 Å². The Balaban J connectivity index is 0.948. The van der Waals surface area contributed by atoms with Gasteiger partial charge in [0.05, 0.1) is 39.5 Å². The SMILES string of the molecule is CC(C)(C)c1ccc(N(C2=CC3=C(c4c(cc(N(c5ccc(C(C)(C)C)cc5)c5ccc6oc7ccccc7c6c5)c5c4oc4ccccc45)C34c3ccccc3N3c5ccccc5Oc5cccc4c53)C3Oc4ccccc4C23)c2ccc3oc4ccccc4c3c2)cc1. The fourth-order valence-electron chi connectivity index (χ4n) is 16.6. The molecule has 0 saturated carbocycles. The summed E-state index contributed by atoms with van der Waals surface area (Å²) in [7, 11) is 0. The summed E-state index contributed by atoms with van der Waals surface area (Å²) in [6, 6.07) is 92.5. The molecule has 0 bridgehead atoms. The van der Waals surface area contributed by atoms with Crippen molar-refractivity contribution < 1.29 is 22.7 Å². The molecule has 15 aromatic rings. The highest BCUT2D eigenvalue weighted by atomic mass is 16.5. The van der Waals surface area contributed by atoms with Gasteiger partial charge in [0, 0.05) is 72.1 Å². The molecule has 20 rings (SSSR count). The molecule has 12 aromatic carbocycles. The molecule has 3 aromatic heterocycles. The molecular weight excluding hydrogens is 1170 g/mol. The lowest BCUT2D eigenvalue weighted by molar-refractivity contribution is 0.273. The van der Waals surface area contributed by atoms with E-state index in [2.05, 4.69) is 305 Å². The van der Waals surface area contributed by atoms with Crippen LogP contribution in [0.2, 0.25) is 0 Å². The predicted molar refractivity (Wildman–Crippen MR) is 385 cm³/mol. The van der Waals surface area contributed by atoms with Gasteiger partial charge in [-0.25, -0.2) is 0 Å². The van der Waals surface area contributed by atoms with E-state index in [1.54, 1.807) is 0 Å². The number of allylic oxidation sites excluding steroid dienone is 2. The Hall–Kier alpha value is -11.5. The maximum atomic E-state index is 7.86. The molecule has 5 aliphatic rings. The second kappa shape index (κ2) is 19.3. The Morgan fingerprint density at radius 1 is 0.411 bits per heavy atom. The van der Waals surface area contributed by atoms with Crippen LogP contribution in [0.3, 0.4) is 0 Å². The zero-order valence-corrected chi connectivity index (χ0v) is 53.4. The second-order valence-electron chi connectivity index (χ2n) is 28.2. The number of benzene rings is 12. The van der Waals surface area contributed by atoms with Gasteiger partial charge in [0.2, 0.25) is 0 Å². The van der Waals surface area contributed by atoms with Crippen LogP contribution in [0.5, 0.6) is 17.2 Å². The first-order chi connectivity index (χ1) is 46.4. The van der Waals surface area contributed by atoms with Crippen molar-refractivity contribution in [2.45, 2.75) is 69.8 Å². The highest BCUT2D eigenvalue weighted by Gasteiger charge is 2.60. The molecule has 8 nitrogen and oxygen atoms in total. The summed E-state index contributed by atoms with van der Waals surface area (Å²) in [6.45, 7) is 13.7. The van der Waals surface area contributed by atoms with Gasteiger partial charge in [-0.15, -0.1) is 0 Å². The maximum absolute atomic E-state index is 7.86. The molecule has 3 aliphatic heterocycles. The van der Waals surface area contributed by atoms with Gasteiger partial charge in [0.1, 0.15) is 45.4 Å². The minimum atomic E-state index is -1.06. The number of hydrogen-bond donors (Lipinski definition) is 0. The van der Waals surface area contributed by atoms with Gasteiger partial charge in [-0.3, -0.25) is 0 Å². The number of hydrogen-bond acceptors (Lipinski definition) is 8. The van der Waals surface area contributed by atoms with Crippen LogP contribution in [0.25, 0.3) is 71.4 Å². The van der Waals surface area contributed by atoms with Crippen molar-refractivity contribution in [2.24, 2.45) is 0 Å². The minimum Gasteiger partial charge on any atom is -0.484 e. The van der Waals surface area contributed by atoms with Crippen molar-refractivity contribution in [1.29, 1.82) is 0 Å². The number of para-hydroxylation sites is 8. The molecule has 8 heteroatoms. The number of anilines is 8. The average Bonchev–Trinajstić information content (AvgIpc) is 1.53. The van der Waals surface area contributed by atoms with Crippen molar-refractivity contribution in [2.75, 3.05) is 14.7 Å². The van der Waals surface area contributed by atoms with Crippen LogP contribution in [0.15, 0.2) is 285 Å². The molecule has 1 spiro atoms. The van der Waals surface area contributed by atoms with Gasteiger partial charge in [-0.2, -0.15) is 0 Å². The third-order valence-corrected chi connectivity index (χ3v) is 20.9. The van der Waals surface area contributed by atoms with E-state index >= 15 is 0 Å². The highest BCUT2D eigenvalue weighted by Crippen LogP contribution is 2.71. The summed E-state index contributed by atoms with van der Waals surface area (Å²) >= 11 is 0. The number of ether oxygens (including phenoxy) is 2. The van der Waals surface area contributed by atoms with E-state index in [-0.39, 0.29) is 16.7 Å². The summed E-state index contributed by atoms with van der Waals surface area (Å²) in [5.41, 5.74) is 22.9. The second-order valence-corrected chi connectivity index (χ2v) is 28.2. The maximum Gasteiger partial charge on any atom is 0.151 e. The summed E-state index contributed by atoms with van der Waals surface area (Å²) in [4.78, 5) is 7.43. The van der Waals surface area contributed by atoms with Crippen LogP contribution >= 0.6 is 0 Å². The van der Waals surface area contributed by atoms with Gasteiger partial charge in [0.25, 0.3) is 0 Å². The van der Waals surface area contributed by atoms with Crippen LogP contribution in [0.1, 0.15) is 86.4 Å². The van der Waals surface area contributed by atoms with E-state index in [1.165, 1.54) is 11.1 Å². The smallest absolute Gasteiger partial charge is 0.151 e. The molecule has 95 heavy (non-hydrogen) atoms. The molecule has 0 amide bonds. The first kappa shape index (κ1) is 54.1. The number of fused-ring (bicyclic) bond motifs is 24.